The van der Waals surface area contributed by atoms with Crippen molar-refractivity contribution in [2.24, 2.45) is 5.92 Å². The number of hydrogen-bond acceptors (Lipinski definition) is 4. The van der Waals surface area contributed by atoms with Gasteiger partial charge in [-0.05, 0) is 61.9 Å². The molecule has 28 heavy (non-hydrogen) atoms. The number of thiophene rings is 1. The molecule has 0 amide bonds. The summed E-state index contributed by atoms with van der Waals surface area (Å²) in [5, 5.41) is 3.65. The predicted octanol–water partition coefficient (Wildman–Crippen LogP) is 3.47. The standard InChI is InChI=1S/C21H24ClN3O2S/c1-12-3-8-16-17(11-12)28-21-18(16)20(26)24-19(25-21)13(2)23-9-10-27-15-6-4-14(22)5-7-15/h4-7,12-13,23H,3,8-11H2,1-2H3,(H,24,25,26)/p+1/t12-,13+/m1/s1. The van der Waals surface area contributed by atoms with Crippen LogP contribution in [-0.4, -0.2) is 23.1 Å². The van der Waals surface area contributed by atoms with Gasteiger partial charge in [-0.25, -0.2) is 4.98 Å². The van der Waals surface area contributed by atoms with Crippen LogP contribution in [0.4, 0.5) is 0 Å². The lowest BCUT2D eigenvalue weighted by Gasteiger charge is -2.17. The molecule has 5 nitrogen and oxygen atoms in total. The summed E-state index contributed by atoms with van der Waals surface area (Å²) >= 11 is 7.58. The lowest BCUT2D eigenvalue weighted by molar-refractivity contribution is -0.694. The molecule has 0 bridgehead atoms. The largest absolute Gasteiger partial charge is 0.488 e. The summed E-state index contributed by atoms with van der Waals surface area (Å²) in [7, 11) is 0. The van der Waals surface area contributed by atoms with Gasteiger partial charge >= 0.3 is 0 Å². The third-order valence-corrected chi connectivity index (χ3v) is 6.74. The number of quaternary nitrogens is 1. The summed E-state index contributed by atoms with van der Waals surface area (Å²) in [5.74, 6) is 2.22. The number of aromatic nitrogens is 2. The normalized spacial score (nSPS) is 17.5. The zero-order valence-electron chi connectivity index (χ0n) is 16.1. The molecule has 1 aliphatic carbocycles. The Kier molecular flexibility index (Phi) is 5.71. The van der Waals surface area contributed by atoms with Gasteiger partial charge in [-0.2, -0.15) is 0 Å². The van der Waals surface area contributed by atoms with Gasteiger partial charge in [0.2, 0.25) is 0 Å². The second-order valence-corrected chi connectivity index (χ2v) is 9.12. The van der Waals surface area contributed by atoms with E-state index in [9.17, 15) is 4.79 Å². The van der Waals surface area contributed by atoms with Crippen molar-refractivity contribution in [3.05, 3.63) is 55.9 Å². The topological polar surface area (TPSA) is 71.6 Å². The SMILES string of the molecule is C[C@@H]1CCc2c(sc3nc([C@H](C)[NH2+]CCOc4ccc(Cl)cc4)[nH]c(=O)c23)C1. The number of halogens is 1. The number of nitrogens with one attached hydrogen (secondary N) is 1. The van der Waals surface area contributed by atoms with Crippen LogP contribution in [-0.2, 0) is 12.8 Å². The van der Waals surface area contributed by atoms with Gasteiger partial charge in [-0.1, -0.05) is 18.5 Å². The second kappa shape index (κ2) is 8.23. The van der Waals surface area contributed by atoms with Crippen LogP contribution in [0.15, 0.2) is 29.1 Å². The fourth-order valence-electron chi connectivity index (χ4n) is 3.72. The fraction of sp³-hybridized carbons (Fsp3) is 0.429. The number of ether oxygens (including phenoxy) is 1. The number of nitrogens with zero attached hydrogens (tertiary/aromatic N) is 1. The molecule has 0 radical (unpaired) electrons. The number of fused-ring (bicyclic) bond motifs is 3. The van der Waals surface area contributed by atoms with E-state index in [0.717, 1.165) is 47.6 Å². The third kappa shape index (κ3) is 4.09. The lowest BCUT2D eigenvalue weighted by Crippen LogP contribution is -2.86. The first-order chi connectivity index (χ1) is 13.5. The molecular formula is C21H25ClN3O2S+. The Labute approximate surface area is 173 Å². The van der Waals surface area contributed by atoms with Crippen LogP contribution in [0.25, 0.3) is 10.2 Å². The van der Waals surface area contributed by atoms with Crippen molar-refractivity contribution in [3.63, 3.8) is 0 Å². The average molecular weight is 419 g/mol. The van der Waals surface area contributed by atoms with E-state index in [4.69, 9.17) is 21.3 Å². The van der Waals surface area contributed by atoms with Crippen molar-refractivity contribution in [1.82, 2.24) is 9.97 Å². The van der Waals surface area contributed by atoms with E-state index in [1.807, 2.05) is 24.3 Å². The third-order valence-electron chi connectivity index (χ3n) is 5.34. The van der Waals surface area contributed by atoms with Crippen molar-refractivity contribution in [2.45, 2.75) is 39.2 Å². The molecule has 1 aliphatic rings. The van der Waals surface area contributed by atoms with Gasteiger partial charge in [0.15, 0.2) is 5.82 Å². The summed E-state index contributed by atoms with van der Waals surface area (Å²) in [4.78, 5) is 22.8. The molecule has 0 saturated carbocycles. The number of rotatable bonds is 6. The minimum absolute atomic E-state index is 0.00437. The zero-order chi connectivity index (χ0) is 19.7. The maximum Gasteiger partial charge on any atom is 0.260 e. The van der Waals surface area contributed by atoms with Crippen molar-refractivity contribution >= 4 is 33.2 Å². The number of hydrogen-bond donors (Lipinski definition) is 2. The summed E-state index contributed by atoms with van der Waals surface area (Å²) in [5.41, 5.74) is 1.23. The molecule has 3 N–H and O–H groups in total. The lowest BCUT2D eigenvalue weighted by atomic mass is 9.89. The number of H-pyrrole nitrogens is 1. The number of aromatic amines is 1. The molecule has 0 saturated heterocycles. The molecule has 3 aromatic rings. The Morgan fingerprint density at radius 2 is 2.18 bits per heavy atom. The first-order valence-corrected chi connectivity index (χ1v) is 11.0. The molecular weight excluding hydrogens is 394 g/mol. The van der Waals surface area contributed by atoms with Crippen LogP contribution in [0.1, 0.15) is 42.6 Å². The first kappa shape index (κ1) is 19.4. The van der Waals surface area contributed by atoms with Gasteiger partial charge in [0, 0.05) is 9.90 Å². The number of aryl methyl sites for hydroxylation is 1. The Morgan fingerprint density at radius 3 is 2.96 bits per heavy atom. The van der Waals surface area contributed by atoms with E-state index in [-0.39, 0.29) is 11.6 Å². The van der Waals surface area contributed by atoms with Crippen LogP contribution in [0.2, 0.25) is 5.02 Å². The maximum atomic E-state index is 12.7. The molecule has 0 aliphatic heterocycles. The van der Waals surface area contributed by atoms with Crippen LogP contribution in [0.3, 0.4) is 0 Å². The highest BCUT2D eigenvalue weighted by atomic mass is 35.5. The predicted molar refractivity (Wildman–Crippen MR) is 114 cm³/mol. The van der Waals surface area contributed by atoms with E-state index < -0.39 is 0 Å². The Hall–Kier alpha value is -1.89. The molecule has 7 heteroatoms. The quantitative estimate of drug-likeness (QED) is 0.602. The first-order valence-electron chi connectivity index (χ1n) is 9.77. The molecule has 2 heterocycles. The molecule has 0 fully saturated rings. The van der Waals surface area contributed by atoms with Crippen molar-refractivity contribution < 1.29 is 10.1 Å². The Bertz CT molecular complexity index is 1030. The Balaban J connectivity index is 1.42. The summed E-state index contributed by atoms with van der Waals surface area (Å²) in [6.45, 7) is 5.68. The summed E-state index contributed by atoms with van der Waals surface area (Å²) in [6, 6.07) is 7.41. The summed E-state index contributed by atoms with van der Waals surface area (Å²) in [6.07, 6.45) is 3.21. The van der Waals surface area contributed by atoms with E-state index in [2.05, 4.69) is 24.1 Å². The van der Waals surface area contributed by atoms with E-state index >= 15 is 0 Å². The van der Waals surface area contributed by atoms with Crippen LogP contribution >= 0.6 is 22.9 Å². The van der Waals surface area contributed by atoms with Gasteiger partial charge in [0.25, 0.3) is 5.56 Å². The Morgan fingerprint density at radius 1 is 1.39 bits per heavy atom. The van der Waals surface area contributed by atoms with E-state index in [1.165, 1.54) is 10.4 Å². The highest BCUT2D eigenvalue weighted by Crippen LogP contribution is 2.35. The maximum absolute atomic E-state index is 12.7. The monoisotopic (exact) mass is 418 g/mol. The van der Waals surface area contributed by atoms with E-state index in [0.29, 0.717) is 17.5 Å². The second-order valence-electron chi connectivity index (χ2n) is 7.60. The molecule has 0 spiro atoms. The van der Waals surface area contributed by atoms with Gasteiger partial charge in [0.1, 0.15) is 29.8 Å². The smallest absolute Gasteiger partial charge is 0.260 e. The molecule has 0 unspecified atom stereocenters. The van der Waals surface area contributed by atoms with Crippen molar-refractivity contribution in [3.8, 4) is 5.75 Å². The molecule has 2 atom stereocenters. The zero-order valence-corrected chi connectivity index (χ0v) is 17.7. The van der Waals surface area contributed by atoms with E-state index in [1.54, 1.807) is 11.3 Å². The van der Waals surface area contributed by atoms with Gasteiger partial charge in [-0.15, -0.1) is 11.3 Å². The van der Waals surface area contributed by atoms with Crippen LogP contribution < -0.4 is 15.6 Å². The van der Waals surface area contributed by atoms with Gasteiger partial charge in [-0.3, -0.25) is 4.79 Å². The van der Waals surface area contributed by atoms with Crippen LogP contribution in [0.5, 0.6) is 5.75 Å². The summed E-state index contributed by atoms with van der Waals surface area (Å²) < 4.78 is 5.73. The highest BCUT2D eigenvalue weighted by Gasteiger charge is 2.24. The fourth-order valence-corrected chi connectivity index (χ4v) is 5.23. The minimum atomic E-state index is 0.00437. The average Bonchev–Trinajstić information content (AvgIpc) is 3.04. The number of benzene rings is 1. The molecule has 4 rings (SSSR count). The molecule has 1 aromatic carbocycles. The molecule has 2 aromatic heterocycles. The van der Waals surface area contributed by atoms with Crippen molar-refractivity contribution in [2.75, 3.05) is 13.2 Å². The van der Waals surface area contributed by atoms with Gasteiger partial charge in [0.05, 0.1) is 5.39 Å². The van der Waals surface area contributed by atoms with Crippen molar-refractivity contribution in [1.29, 1.82) is 0 Å². The number of nitrogens with two attached hydrogens (primary N) is 1. The van der Waals surface area contributed by atoms with Crippen LogP contribution in [0, 0.1) is 5.92 Å². The highest BCUT2D eigenvalue weighted by molar-refractivity contribution is 7.18. The van der Waals surface area contributed by atoms with Gasteiger partial charge < -0.3 is 15.0 Å². The minimum Gasteiger partial charge on any atom is -0.488 e. The molecule has 148 valence electrons.